The number of ether oxygens (including phenoxy) is 2. The molecule has 0 radical (unpaired) electrons. The highest BCUT2D eigenvalue weighted by Gasteiger charge is 2.28. The Labute approximate surface area is 122 Å². The number of rotatable bonds is 5. The second-order valence-corrected chi connectivity index (χ2v) is 6.47. The molecule has 0 spiro atoms. The Morgan fingerprint density at radius 1 is 1.30 bits per heavy atom. The average Bonchev–Trinajstić information content (AvgIpc) is 2.42. The molecule has 0 N–H and O–H groups in total. The molecule has 0 aliphatic carbocycles. The molecule has 8 heteroatoms. The van der Waals surface area contributed by atoms with Gasteiger partial charge in [0.05, 0.1) is 14.2 Å². The molecule has 0 atom stereocenters. The maximum Gasteiger partial charge on any atom is 0.265 e. The van der Waals surface area contributed by atoms with Crippen LogP contribution in [-0.4, -0.2) is 47.0 Å². The van der Waals surface area contributed by atoms with Gasteiger partial charge < -0.3 is 14.4 Å². The van der Waals surface area contributed by atoms with E-state index in [2.05, 4.69) is 0 Å². The molecule has 1 aromatic rings. The first kappa shape index (κ1) is 16.6. The van der Waals surface area contributed by atoms with Crippen LogP contribution in [0.15, 0.2) is 17.0 Å². The zero-order valence-electron chi connectivity index (χ0n) is 11.6. The lowest BCUT2D eigenvalue weighted by atomic mass is 10.1. The topological polar surface area (TPSA) is 72.9 Å². The number of carbonyl (C=O) groups excluding carboxylic acids is 1. The molecule has 1 rings (SSSR count). The molecule has 0 fully saturated rings. The van der Waals surface area contributed by atoms with Gasteiger partial charge in [-0.1, -0.05) is 0 Å². The Kier molecular flexibility index (Phi) is 5.24. The SMILES string of the molecule is CCN(C)C(=O)c1c(OC)ccc(S(=O)(=O)Cl)c1OC. The van der Waals surface area contributed by atoms with Crippen molar-refractivity contribution in [3.8, 4) is 11.5 Å². The number of nitrogens with zero attached hydrogens (tertiary/aromatic N) is 1. The summed E-state index contributed by atoms with van der Waals surface area (Å²) < 4.78 is 33.3. The molecule has 0 unspecified atom stereocenters. The smallest absolute Gasteiger partial charge is 0.265 e. The molecule has 0 bridgehead atoms. The molecule has 0 aliphatic rings. The van der Waals surface area contributed by atoms with Crippen LogP contribution in [0.3, 0.4) is 0 Å². The second kappa shape index (κ2) is 6.32. The summed E-state index contributed by atoms with van der Waals surface area (Å²) in [4.78, 5) is 13.5. The Morgan fingerprint density at radius 3 is 2.30 bits per heavy atom. The van der Waals surface area contributed by atoms with E-state index in [4.69, 9.17) is 20.2 Å². The first-order chi connectivity index (χ1) is 9.27. The van der Waals surface area contributed by atoms with E-state index in [1.54, 1.807) is 14.0 Å². The van der Waals surface area contributed by atoms with Crippen LogP contribution in [0, 0.1) is 0 Å². The van der Waals surface area contributed by atoms with Crippen molar-refractivity contribution in [3.05, 3.63) is 17.7 Å². The zero-order chi connectivity index (χ0) is 15.5. The fraction of sp³-hybridized carbons (Fsp3) is 0.417. The van der Waals surface area contributed by atoms with Gasteiger partial charge in [0.2, 0.25) is 0 Å². The van der Waals surface area contributed by atoms with E-state index in [0.29, 0.717) is 6.54 Å². The van der Waals surface area contributed by atoms with Crippen LogP contribution >= 0.6 is 10.7 Å². The highest BCUT2D eigenvalue weighted by molar-refractivity contribution is 8.13. The normalized spacial score (nSPS) is 11.1. The molecular weight excluding hydrogens is 306 g/mol. The van der Waals surface area contributed by atoms with Gasteiger partial charge in [0.1, 0.15) is 16.2 Å². The van der Waals surface area contributed by atoms with E-state index in [1.165, 1.54) is 31.3 Å². The molecule has 112 valence electrons. The second-order valence-electron chi connectivity index (χ2n) is 3.93. The Bertz CT molecular complexity index is 615. The monoisotopic (exact) mass is 321 g/mol. The largest absolute Gasteiger partial charge is 0.496 e. The number of hydrogen-bond acceptors (Lipinski definition) is 5. The van der Waals surface area contributed by atoms with Crippen molar-refractivity contribution in [1.29, 1.82) is 0 Å². The number of methoxy groups -OCH3 is 2. The van der Waals surface area contributed by atoms with Crippen molar-refractivity contribution in [2.24, 2.45) is 0 Å². The summed E-state index contributed by atoms with van der Waals surface area (Å²) >= 11 is 0. The van der Waals surface area contributed by atoms with Gasteiger partial charge in [-0.25, -0.2) is 8.42 Å². The molecule has 6 nitrogen and oxygen atoms in total. The van der Waals surface area contributed by atoms with Gasteiger partial charge in [0.25, 0.3) is 15.0 Å². The third-order valence-corrected chi connectivity index (χ3v) is 4.15. The first-order valence-electron chi connectivity index (χ1n) is 5.73. The van der Waals surface area contributed by atoms with Gasteiger partial charge in [-0.15, -0.1) is 0 Å². The van der Waals surface area contributed by atoms with Gasteiger partial charge in [-0.2, -0.15) is 0 Å². The lowest BCUT2D eigenvalue weighted by Gasteiger charge is -2.19. The number of benzene rings is 1. The summed E-state index contributed by atoms with van der Waals surface area (Å²) in [5.41, 5.74) is 0.0288. The van der Waals surface area contributed by atoms with Crippen molar-refractivity contribution < 1.29 is 22.7 Å². The minimum Gasteiger partial charge on any atom is -0.496 e. The summed E-state index contributed by atoms with van der Waals surface area (Å²) in [6.45, 7) is 2.24. The van der Waals surface area contributed by atoms with Crippen LogP contribution in [0.2, 0.25) is 0 Å². The van der Waals surface area contributed by atoms with Gasteiger partial charge in [0.15, 0.2) is 5.75 Å². The van der Waals surface area contributed by atoms with Gasteiger partial charge in [-0.05, 0) is 19.1 Å². The lowest BCUT2D eigenvalue weighted by Crippen LogP contribution is -2.27. The van der Waals surface area contributed by atoms with Gasteiger partial charge in [-0.3, -0.25) is 4.79 Å². The van der Waals surface area contributed by atoms with E-state index in [9.17, 15) is 13.2 Å². The number of hydrogen-bond donors (Lipinski definition) is 0. The van der Waals surface area contributed by atoms with Crippen LogP contribution in [0.1, 0.15) is 17.3 Å². The number of carbonyl (C=O) groups is 1. The van der Waals surface area contributed by atoms with Crippen LogP contribution in [0.25, 0.3) is 0 Å². The average molecular weight is 322 g/mol. The predicted octanol–water partition coefficient (Wildman–Crippen LogP) is 1.72. The lowest BCUT2D eigenvalue weighted by molar-refractivity contribution is 0.0795. The summed E-state index contributed by atoms with van der Waals surface area (Å²) in [5, 5.41) is 0. The molecule has 0 saturated heterocycles. The summed E-state index contributed by atoms with van der Waals surface area (Å²) in [5.74, 6) is -0.316. The van der Waals surface area contributed by atoms with E-state index in [-0.39, 0.29) is 22.0 Å². The third-order valence-electron chi connectivity index (χ3n) is 2.80. The molecule has 1 aromatic carbocycles. The maximum atomic E-state index is 12.3. The third kappa shape index (κ3) is 3.16. The van der Waals surface area contributed by atoms with Crippen molar-refractivity contribution in [2.45, 2.75) is 11.8 Å². The van der Waals surface area contributed by atoms with Crippen LogP contribution < -0.4 is 9.47 Å². The van der Waals surface area contributed by atoms with Gasteiger partial charge >= 0.3 is 0 Å². The number of amides is 1. The highest BCUT2D eigenvalue weighted by atomic mass is 35.7. The van der Waals surface area contributed by atoms with Crippen LogP contribution in [0.4, 0.5) is 0 Å². The summed E-state index contributed by atoms with van der Waals surface area (Å²) in [6, 6.07) is 2.61. The minimum absolute atomic E-state index is 0.0288. The molecule has 0 aliphatic heterocycles. The summed E-state index contributed by atoms with van der Waals surface area (Å²) in [6.07, 6.45) is 0. The minimum atomic E-state index is -4.04. The predicted molar refractivity (Wildman–Crippen MR) is 75.2 cm³/mol. The van der Waals surface area contributed by atoms with Crippen LogP contribution in [0.5, 0.6) is 11.5 Å². The Balaban J connectivity index is 3.65. The molecule has 0 aromatic heterocycles. The standard InChI is InChI=1S/C12H16ClNO5S/c1-5-14(2)12(15)10-8(18-3)6-7-9(11(10)19-4)20(13,16)17/h6-7H,5H2,1-4H3. The fourth-order valence-corrected chi connectivity index (χ4v) is 2.65. The van der Waals surface area contributed by atoms with Crippen LogP contribution in [-0.2, 0) is 9.05 Å². The zero-order valence-corrected chi connectivity index (χ0v) is 13.2. The van der Waals surface area contributed by atoms with E-state index in [1.807, 2.05) is 0 Å². The Hall–Kier alpha value is -1.47. The fourth-order valence-electron chi connectivity index (χ4n) is 1.65. The van der Waals surface area contributed by atoms with Crippen molar-refractivity contribution in [1.82, 2.24) is 4.90 Å². The van der Waals surface area contributed by atoms with E-state index < -0.39 is 15.0 Å². The molecule has 20 heavy (non-hydrogen) atoms. The van der Waals surface area contributed by atoms with Crippen molar-refractivity contribution in [3.63, 3.8) is 0 Å². The molecule has 1 amide bonds. The Morgan fingerprint density at radius 2 is 1.90 bits per heavy atom. The molecule has 0 saturated carbocycles. The van der Waals surface area contributed by atoms with E-state index >= 15 is 0 Å². The maximum absolute atomic E-state index is 12.3. The van der Waals surface area contributed by atoms with Crippen molar-refractivity contribution in [2.75, 3.05) is 27.8 Å². The highest BCUT2D eigenvalue weighted by Crippen LogP contribution is 2.37. The first-order valence-corrected chi connectivity index (χ1v) is 8.03. The summed E-state index contributed by atoms with van der Waals surface area (Å²) in [7, 11) is 5.55. The number of halogens is 1. The van der Waals surface area contributed by atoms with Gasteiger partial charge in [0, 0.05) is 24.3 Å². The van der Waals surface area contributed by atoms with Crippen molar-refractivity contribution >= 4 is 25.6 Å². The molecular formula is C12H16ClNO5S. The quantitative estimate of drug-likeness (QED) is 0.772. The van der Waals surface area contributed by atoms with E-state index in [0.717, 1.165) is 0 Å². The molecule has 0 heterocycles.